The third-order valence-electron chi connectivity index (χ3n) is 2.87. The molecule has 0 saturated carbocycles. The summed E-state index contributed by atoms with van der Waals surface area (Å²) in [4.78, 5) is 12.1. The van der Waals surface area contributed by atoms with Gasteiger partial charge in [-0.05, 0) is 30.3 Å². The minimum atomic E-state index is -3.39. The zero-order valence-electron chi connectivity index (χ0n) is 12.9. The number of sulfonamides is 1. The van der Waals surface area contributed by atoms with E-state index in [0.29, 0.717) is 17.8 Å². The highest BCUT2D eigenvalue weighted by atomic mass is 35.5. The van der Waals surface area contributed by atoms with Crippen LogP contribution in [0.1, 0.15) is 16.1 Å². The number of carbonyl (C=O) groups is 1. The predicted octanol–water partition coefficient (Wildman–Crippen LogP) is 2.97. The Morgan fingerprint density at radius 1 is 1.33 bits per heavy atom. The van der Waals surface area contributed by atoms with Crippen molar-refractivity contribution in [2.24, 2.45) is 0 Å². The third kappa shape index (κ3) is 6.10. The predicted molar refractivity (Wildman–Crippen MR) is 97.1 cm³/mol. The molecule has 1 heterocycles. The van der Waals surface area contributed by atoms with Crippen LogP contribution >= 0.6 is 23.4 Å². The zero-order valence-corrected chi connectivity index (χ0v) is 15.3. The largest absolute Gasteiger partial charge is 0.468 e. The molecule has 130 valence electrons. The van der Waals surface area contributed by atoms with Crippen molar-refractivity contribution < 1.29 is 17.6 Å². The van der Waals surface area contributed by atoms with Crippen LogP contribution in [0.4, 0.5) is 5.69 Å². The number of benzene rings is 1. The zero-order chi connectivity index (χ0) is 17.6. The summed E-state index contributed by atoms with van der Waals surface area (Å²) in [7, 11) is -3.39. The third-order valence-corrected chi connectivity index (χ3v) is 4.77. The van der Waals surface area contributed by atoms with E-state index in [9.17, 15) is 13.2 Å². The minimum Gasteiger partial charge on any atom is -0.468 e. The number of hydrogen-bond acceptors (Lipinski definition) is 5. The van der Waals surface area contributed by atoms with Gasteiger partial charge >= 0.3 is 0 Å². The van der Waals surface area contributed by atoms with E-state index in [2.05, 4.69) is 10.0 Å². The number of amides is 1. The van der Waals surface area contributed by atoms with Gasteiger partial charge in [-0.1, -0.05) is 11.6 Å². The molecule has 0 saturated heterocycles. The Morgan fingerprint density at radius 3 is 2.75 bits per heavy atom. The molecule has 24 heavy (non-hydrogen) atoms. The molecule has 0 fully saturated rings. The van der Waals surface area contributed by atoms with E-state index < -0.39 is 10.0 Å². The summed E-state index contributed by atoms with van der Waals surface area (Å²) in [6.07, 6.45) is 2.67. The molecule has 1 aromatic carbocycles. The van der Waals surface area contributed by atoms with Crippen molar-refractivity contribution in [1.82, 2.24) is 5.32 Å². The molecule has 9 heteroatoms. The molecule has 1 amide bonds. The second-order valence-electron chi connectivity index (χ2n) is 4.96. The highest BCUT2D eigenvalue weighted by molar-refractivity contribution is 7.98. The van der Waals surface area contributed by atoms with Crippen molar-refractivity contribution in [3.05, 3.63) is 52.9 Å². The van der Waals surface area contributed by atoms with Gasteiger partial charge in [0.2, 0.25) is 10.0 Å². The van der Waals surface area contributed by atoms with Crippen LogP contribution in [0, 0.1) is 0 Å². The van der Waals surface area contributed by atoms with Gasteiger partial charge in [-0.2, -0.15) is 11.8 Å². The Balaban J connectivity index is 1.81. The first-order valence-electron chi connectivity index (χ1n) is 7.01. The number of furan rings is 1. The van der Waals surface area contributed by atoms with E-state index in [1.54, 1.807) is 18.0 Å². The molecule has 2 rings (SSSR count). The normalized spacial score (nSPS) is 11.2. The number of carbonyl (C=O) groups excluding carboxylic acids is 1. The number of rotatable bonds is 8. The van der Waals surface area contributed by atoms with Gasteiger partial charge in [0.1, 0.15) is 5.76 Å². The molecule has 6 nitrogen and oxygen atoms in total. The molecule has 2 aromatic rings. The quantitative estimate of drug-likeness (QED) is 0.679. The number of hydrogen-bond donors (Lipinski definition) is 2. The lowest BCUT2D eigenvalue weighted by molar-refractivity contribution is 0.0956. The SMILES string of the molecule is CS(=O)(=O)Nc1ccc(C(=O)NCCSCc2ccco2)c(Cl)c1. The van der Waals surface area contributed by atoms with Crippen LogP contribution < -0.4 is 10.0 Å². The standard InChI is InChI=1S/C15H17ClN2O4S2/c1-24(20,21)18-11-4-5-13(14(16)9-11)15(19)17-6-8-23-10-12-3-2-7-22-12/h2-5,7,9,18H,6,8,10H2,1H3,(H,17,19). The van der Waals surface area contributed by atoms with Crippen molar-refractivity contribution in [2.45, 2.75) is 5.75 Å². The van der Waals surface area contributed by atoms with Crippen LogP contribution in [0.15, 0.2) is 41.0 Å². The Kier molecular flexibility index (Phi) is 6.59. The van der Waals surface area contributed by atoms with E-state index in [1.807, 2.05) is 12.1 Å². The van der Waals surface area contributed by atoms with E-state index in [-0.39, 0.29) is 10.9 Å². The summed E-state index contributed by atoms with van der Waals surface area (Å²) in [5.74, 6) is 2.07. The molecule has 0 aliphatic heterocycles. The maximum absolute atomic E-state index is 12.1. The summed E-state index contributed by atoms with van der Waals surface area (Å²) in [5, 5.41) is 2.96. The molecule has 0 aliphatic rings. The fourth-order valence-corrected chi connectivity index (χ4v) is 3.45. The molecule has 0 radical (unpaired) electrons. The molecule has 0 atom stereocenters. The number of anilines is 1. The van der Waals surface area contributed by atoms with Gasteiger partial charge in [0.25, 0.3) is 5.91 Å². The van der Waals surface area contributed by atoms with Gasteiger partial charge in [-0.15, -0.1) is 0 Å². The first-order valence-corrected chi connectivity index (χ1v) is 10.4. The topological polar surface area (TPSA) is 88.4 Å². The smallest absolute Gasteiger partial charge is 0.252 e. The Morgan fingerprint density at radius 2 is 2.12 bits per heavy atom. The first-order chi connectivity index (χ1) is 11.3. The molecular weight excluding hydrogens is 372 g/mol. The Labute approximate surface area is 150 Å². The van der Waals surface area contributed by atoms with Crippen molar-refractivity contribution in [3.8, 4) is 0 Å². The average Bonchev–Trinajstić information content (AvgIpc) is 2.98. The van der Waals surface area contributed by atoms with Gasteiger partial charge in [0.05, 0.1) is 28.9 Å². The van der Waals surface area contributed by atoms with Crippen molar-refractivity contribution in [2.75, 3.05) is 23.3 Å². The maximum atomic E-state index is 12.1. The summed E-state index contributed by atoms with van der Waals surface area (Å²) >= 11 is 7.69. The fraction of sp³-hybridized carbons (Fsp3) is 0.267. The van der Waals surface area contributed by atoms with E-state index >= 15 is 0 Å². The molecule has 0 aliphatic carbocycles. The van der Waals surface area contributed by atoms with Crippen molar-refractivity contribution >= 4 is 45.0 Å². The van der Waals surface area contributed by atoms with Crippen LogP contribution in [0.5, 0.6) is 0 Å². The summed E-state index contributed by atoms with van der Waals surface area (Å²) in [6.45, 7) is 0.490. The highest BCUT2D eigenvalue weighted by Gasteiger charge is 2.11. The summed E-state index contributed by atoms with van der Waals surface area (Å²) in [6, 6.07) is 8.12. The average molecular weight is 389 g/mol. The van der Waals surface area contributed by atoms with Gasteiger partial charge in [-0.25, -0.2) is 8.42 Å². The van der Waals surface area contributed by atoms with Crippen molar-refractivity contribution in [1.29, 1.82) is 0 Å². The van der Waals surface area contributed by atoms with Crippen molar-refractivity contribution in [3.63, 3.8) is 0 Å². The summed E-state index contributed by atoms with van der Waals surface area (Å²) in [5.41, 5.74) is 0.611. The van der Waals surface area contributed by atoms with Crippen LogP contribution in [0.25, 0.3) is 0 Å². The second-order valence-corrected chi connectivity index (χ2v) is 8.22. The number of thioether (sulfide) groups is 1. The summed E-state index contributed by atoms with van der Waals surface area (Å²) < 4.78 is 29.9. The van der Waals surface area contributed by atoms with Gasteiger partial charge in [0, 0.05) is 18.0 Å². The Bertz CT molecular complexity index is 792. The van der Waals surface area contributed by atoms with Crippen LogP contribution in [-0.4, -0.2) is 32.9 Å². The number of nitrogens with one attached hydrogen (secondary N) is 2. The lowest BCUT2D eigenvalue weighted by Crippen LogP contribution is -2.26. The van der Waals surface area contributed by atoms with Crippen LogP contribution in [0.2, 0.25) is 5.02 Å². The first kappa shape index (κ1) is 18.7. The lowest BCUT2D eigenvalue weighted by Gasteiger charge is -2.09. The molecule has 0 unspecified atom stereocenters. The number of halogens is 1. The minimum absolute atomic E-state index is 0.185. The molecule has 0 bridgehead atoms. The molecule has 1 aromatic heterocycles. The molecule has 2 N–H and O–H groups in total. The fourth-order valence-electron chi connectivity index (χ4n) is 1.88. The monoisotopic (exact) mass is 388 g/mol. The van der Waals surface area contributed by atoms with E-state index in [1.165, 1.54) is 18.2 Å². The van der Waals surface area contributed by atoms with Crippen LogP contribution in [0.3, 0.4) is 0 Å². The molecule has 0 spiro atoms. The van der Waals surface area contributed by atoms with Gasteiger partial charge in [0.15, 0.2) is 0 Å². The maximum Gasteiger partial charge on any atom is 0.252 e. The van der Waals surface area contributed by atoms with E-state index in [0.717, 1.165) is 23.5 Å². The van der Waals surface area contributed by atoms with Gasteiger partial charge in [-0.3, -0.25) is 9.52 Å². The highest BCUT2D eigenvalue weighted by Crippen LogP contribution is 2.21. The van der Waals surface area contributed by atoms with E-state index in [4.69, 9.17) is 16.0 Å². The van der Waals surface area contributed by atoms with Crippen LogP contribution in [-0.2, 0) is 15.8 Å². The lowest BCUT2D eigenvalue weighted by atomic mass is 10.2. The van der Waals surface area contributed by atoms with Gasteiger partial charge < -0.3 is 9.73 Å². The Hall–Kier alpha value is -1.64. The molecular formula is C15H17ClN2O4S2. The second kappa shape index (κ2) is 8.46.